The number of rotatable bonds is 2. The maximum Gasteiger partial charge on any atom is 0.248 e. The van der Waals surface area contributed by atoms with Crippen molar-refractivity contribution >= 4 is 11.8 Å². The highest BCUT2D eigenvalue weighted by molar-refractivity contribution is 5.77. The van der Waals surface area contributed by atoms with Crippen molar-refractivity contribution < 1.29 is 19.8 Å². The van der Waals surface area contributed by atoms with Gasteiger partial charge < -0.3 is 20.0 Å². The summed E-state index contributed by atoms with van der Waals surface area (Å²) in [5.74, 6) is -0.117. The average Bonchev–Trinajstić information content (AvgIpc) is 2.47. The van der Waals surface area contributed by atoms with Crippen molar-refractivity contribution in [2.75, 3.05) is 39.4 Å². The van der Waals surface area contributed by atoms with Crippen molar-refractivity contribution in [3.05, 3.63) is 0 Å². The number of aliphatic hydroxyl groups is 2. The van der Waals surface area contributed by atoms with Gasteiger partial charge >= 0.3 is 0 Å². The van der Waals surface area contributed by atoms with Crippen molar-refractivity contribution in [2.45, 2.75) is 26.2 Å². The van der Waals surface area contributed by atoms with Crippen LogP contribution in [0.1, 0.15) is 26.2 Å². The number of hydrogen-bond acceptors (Lipinski definition) is 4. The molecule has 2 N–H and O–H groups in total. The standard InChI is InChI=1S/C14H24N2O4/c1-11(19)15-5-2-14(3-6-15)4-7-16(13(20)10-18)8-12(14)9-17/h12,17-18H,2-10H2,1H3/t12-/m1/s1. The number of carbonyl (C=O) groups is 2. The van der Waals surface area contributed by atoms with Crippen LogP contribution in [-0.2, 0) is 9.59 Å². The molecule has 1 spiro atoms. The molecule has 2 saturated heterocycles. The van der Waals surface area contributed by atoms with Gasteiger partial charge in [0.15, 0.2) is 0 Å². The second-order valence-electron chi connectivity index (χ2n) is 6.00. The first-order chi connectivity index (χ1) is 9.52. The molecule has 2 aliphatic heterocycles. The summed E-state index contributed by atoms with van der Waals surface area (Å²) in [5, 5.41) is 18.6. The zero-order valence-electron chi connectivity index (χ0n) is 12.0. The van der Waals surface area contributed by atoms with Gasteiger partial charge in [0.05, 0.1) is 0 Å². The van der Waals surface area contributed by atoms with E-state index in [0.717, 1.165) is 32.4 Å². The molecule has 1 atom stereocenters. The van der Waals surface area contributed by atoms with Crippen molar-refractivity contribution in [3.8, 4) is 0 Å². The highest BCUT2D eigenvalue weighted by atomic mass is 16.3. The van der Waals surface area contributed by atoms with Crippen LogP contribution in [0, 0.1) is 11.3 Å². The Balaban J connectivity index is 2.02. The number of hydrogen-bond donors (Lipinski definition) is 2. The lowest BCUT2D eigenvalue weighted by Gasteiger charge is -2.51. The predicted octanol–water partition coefficient (Wildman–Crippen LogP) is -0.552. The topological polar surface area (TPSA) is 81.1 Å². The van der Waals surface area contributed by atoms with Crippen molar-refractivity contribution in [1.29, 1.82) is 0 Å². The number of aliphatic hydroxyl groups excluding tert-OH is 2. The smallest absolute Gasteiger partial charge is 0.248 e. The van der Waals surface area contributed by atoms with E-state index in [0.29, 0.717) is 13.1 Å². The number of likely N-dealkylation sites (tertiary alicyclic amines) is 2. The SMILES string of the molecule is CC(=O)N1CCC2(CC1)CCN(C(=O)CO)C[C@@H]2CO. The number of piperidine rings is 2. The molecule has 0 aliphatic carbocycles. The monoisotopic (exact) mass is 284 g/mol. The summed E-state index contributed by atoms with van der Waals surface area (Å²) in [5.41, 5.74) is 0.0347. The minimum Gasteiger partial charge on any atom is -0.396 e. The Morgan fingerprint density at radius 1 is 1.10 bits per heavy atom. The first-order valence-corrected chi connectivity index (χ1v) is 7.27. The van der Waals surface area contributed by atoms with E-state index in [9.17, 15) is 14.7 Å². The van der Waals surface area contributed by atoms with E-state index in [1.165, 1.54) is 0 Å². The Labute approximate surface area is 119 Å². The third kappa shape index (κ3) is 2.81. The van der Waals surface area contributed by atoms with E-state index in [1.807, 2.05) is 4.90 Å². The highest BCUT2D eigenvalue weighted by Gasteiger charge is 2.45. The number of nitrogens with zero attached hydrogens (tertiary/aromatic N) is 2. The quantitative estimate of drug-likeness (QED) is 0.713. The second-order valence-corrected chi connectivity index (χ2v) is 6.00. The van der Waals surface area contributed by atoms with Crippen molar-refractivity contribution in [2.24, 2.45) is 11.3 Å². The van der Waals surface area contributed by atoms with Gasteiger partial charge in [-0.2, -0.15) is 0 Å². The van der Waals surface area contributed by atoms with E-state index >= 15 is 0 Å². The molecule has 2 amide bonds. The van der Waals surface area contributed by atoms with Gasteiger partial charge in [-0.1, -0.05) is 0 Å². The number of carbonyl (C=O) groups excluding carboxylic acids is 2. The fourth-order valence-electron chi connectivity index (χ4n) is 3.62. The molecule has 20 heavy (non-hydrogen) atoms. The van der Waals surface area contributed by atoms with Crippen LogP contribution in [0.3, 0.4) is 0 Å². The lowest BCUT2D eigenvalue weighted by molar-refractivity contribution is -0.142. The Bertz CT molecular complexity index is 377. The fraction of sp³-hybridized carbons (Fsp3) is 0.857. The molecule has 6 nitrogen and oxygen atoms in total. The zero-order valence-corrected chi connectivity index (χ0v) is 12.0. The Kier molecular flexibility index (Phi) is 4.65. The summed E-state index contributed by atoms with van der Waals surface area (Å²) in [6, 6.07) is 0. The van der Waals surface area contributed by atoms with Gasteiger partial charge in [-0.25, -0.2) is 0 Å². The molecular formula is C14H24N2O4. The second kappa shape index (κ2) is 6.10. The van der Waals surface area contributed by atoms with E-state index in [2.05, 4.69) is 0 Å². The molecule has 0 radical (unpaired) electrons. The van der Waals surface area contributed by atoms with Gasteiger partial charge in [0.2, 0.25) is 11.8 Å². The van der Waals surface area contributed by atoms with Crippen LogP contribution in [-0.4, -0.2) is 71.2 Å². The van der Waals surface area contributed by atoms with Gasteiger partial charge in [-0.05, 0) is 24.7 Å². The molecule has 0 unspecified atom stereocenters. The molecule has 0 aromatic heterocycles. The van der Waals surface area contributed by atoms with Crippen LogP contribution in [0.2, 0.25) is 0 Å². The third-order valence-corrected chi connectivity index (χ3v) is 5.10. The summed E-state index contributed by atoms with van der Waals surface area (Å²) in [6.07, 6.45) is 2.62. The van der Waals surface area contributed by atoms with Gasteiger partial charge in [0.1, 0.15) is 6.61 Å². The first kappa shape index (κ1) is 15.3. The van der Waals surface area contributed by atoms with E-state index in [1.54, 1.807) is 11.8 Å². The van der Waals surface area contributed by atoms with Gasteiger partial charge in [-0.15, -0.1) is 0 Å². The summed E-state index contributed by atoms with van der Waals surface area (Å²) in [4.78, 5) is 26.5. The van der Waals surface area contributed by atoms with E-state index < -0.39 is 6.61 Å². The molecule has 2 heterocycles. The summed E-state index contributed by atoms with van der Waals surface area (Å²) in [7, 11) is 0. The fourth-order valence-corrected chi connectivity index (χ4v) is 3.62. The molecule has 2 rings (SSSR count). The van der Waals surface area contributed by atoms with Crippen LogP contribution in [0.5, 0.6) is 0 Å². The van der Waals surface area contributed by atoms with Crippen LogP contribution in [0.25, 0.3) is 0 Å². The first-order valence-electron chi connectivity index (χ1n) is 7.27. The third-order valence-electron chi connectivity index (χ3n) is 5.10. The molecular weight excluding hydrogens is 260 g/mol. The summed E-state index contributed by atoms with van der Waals surface area (Å²) in [6.45, 7) is 3.79. The Hall–Kier alpha value is -1.14. The molecule has 0 saturated carbocycles. The van der Waals surface area contributed by atoms with E-state index in [4.69, 9.17) is 5.11 Å². The Morgan fingerprint density at radius 2 is 1.65 bits per heavy atom. The van der Waals surface area contributed by atoms with Gasteiger partial charge in [0.25, 0.3) is 0 Å². The normalized spacial score (nSPS) is 25.9. The minimum atomic E-state index is -0.469. The molecule has 6 heteroatoms. The predicted molar refractivity (Wildman–Crippen MR) is 72.8 cm³/mol. The molecule has 114 valence electrons. The van der Waals surface area contributed by atoms with E-state index in [-0.39, 0.29) is 29.8 Å². The lowest BCUT2D eigenvalue weighted by Crippen LogP contribution is -2.55. The zero-order chi connectivity index (χ0) is 14.8. The number of amides is 2. The van der Waals surface area contributed by atoms with Crippen molar-refractivity contribution in [3.63, 3.8) is 0 Å². The van der Waals surface area contributed by atoms with Gasteiger partial charge in [0, 0.05) is 45.6 Å². The van der Waals surface area contributed by atoms with Crippen molar-refractivity contribution in [1.82, 2.24) is 9.80 Å². The average molecular weight is 284 g/mol. The molecule has 2 fully saturated rings. The largest absolute Gasteiger partial charge is 0.396 e. The summed E-state index contributed by atoms with van der Waals surface area (Å²) < 4.78 is 0. The summed E-state index contributed by atoms with van der Waals surface area (Å²) >= 11 is 0. The molecule has 0 aromatic rings. The van der Waals surface area contributed by atoms with Crippen LogP contribution in [0.4, 0.5) is 0 Å². The molecule has 2 aliphatic rings. The minimum absolute atomic E-state index is 0.0347. The maximum atomic E-state index is 11.6. The van der Waals surface area contributed by atoms with Crippen LogP contribution < -0.4 is 0 Å². The Morgan fingerprint density at radius 3 is 2.10 bits per heavy atom. The maximum absolute atomic E-state index is 11.6. The lowest BCUT2D eigenvalue weighted by atomic mass is 9.64. The van der Waals surface area contributed by atoms with Gasteiger partial charge in [-0.3, -0.25) is 9.59 Å². The van der Waals surface area contributed by atoms with Crippen LogP contribution in [0.15, 0.2) is 0 Å². The molecule has 0 aromatic carbocycles. The highest BCUT2D eigenvalue weighted by Crippen LogP contribution is 2.45. The van der Waals surface area contributed by atoms with Crippen LogP contribution >= 0.6 is 0 Å². The molecule has 0 bridgehead atoms.